The highest BCUT2D eigenvalue weighted by Gasteiger charge is 2.24. The Morgan fingerprint density at radius 1 is 1.24 bits per heavy atom. The third-order valence-electron chi connectivity index (χ3n) is 4.46. The summed E-state index contributed by atoms with van der Waals surface area (Å²) in [6.45, 7) is 2.12. The monoisotopic (exact) mass is 340 g/mol. The molecule has 1 heterocycles. The van der Waals surface area contributed by atoms with Gasteiger partial charge in [-0.1, -0.05) is 40.2 Å². The maximum Gasteiger partial charge on any atom is 0.114 e. The number of nitrogens with one attached hydrogen (secondary N) is 1. The Labute approximate surface area is 132 Å². The van der Waals surface area contributed by atoms with E-state index in [1.165, 1.54) is 36.0 Å². The molecule has 0 bridgehead atoms. The zero-order valence-electron chi connectivity index (χ0n) is 12.0. The normalized spacial score (nSPS) is 17.9. The SMILES string of the molecule is Cc1cc(Br)cc2[nH]c(C3CCCc4ccccc43)nc12. The van der Waals surface area contributed by atoms with Crippen molar-refractivity contribution in [1.29, 1.82) is 0 Å². The summed E-state index contributed by atoms with van der Waals surface area (Å²) in [5.74, 6) is 1.51. The molecule has 21 heavy (non-hydrogen) atoms. The molecule has 2 nitrogen and oxygen atoms in total. The van der Waals surface area contributed by atoms with Crippen molar-refractivity contribution in [3.05, 3.63) is 63.4 Å². The molecule has 3 heteroatoms. The second-order valence-electron chi connectivity index (χ2n) is 5.88. The van der Waals surface area contributed by atoms with E-state index in [1.807, 2.05) is 0 Å². The lowest BCUT2D eigenvalue weighted by molar-refractivity contribution is 0.596. The van der Waals surface area contributed by atoms with Crippen LogP contribution in [0, 0.1) is 6.92 Å². The van der Waals surface area contributed by atoms with E-state index >= 15 is 0 Å². The van der Waals surface area contributed by atoms with E-state index in [0.29, 0.717) is 5.92 Å². The minimum Gasteiger partial charge on any atom is -0.341 e. The smallest absolute Gasteiger partial charge is 0.114 e. The Kier molecular flexibility index (Phi) is 3.11. The minimum atomic E-state index is 0.403. The van der Waals surface area contributed by atoms with E-state index in [1.54, 1.807) is 0 Å². The fourth-order valence-electron chi connectivity index (χ4n) is 3.47. The summed E-state index contributed by atoms with van der Waals surface area (Å²) in [5.41, 5.74) is 6.36. The molecule has 0 aliphatic heterocycles. The van der Waals surface area contributed by atoms with Crippen LogP contribution < -0.4 is 0 Å². The van der Waals surface area contributed by atoms with Gasteiger partial charge in [0, 0.05) is 10.4 Å². The van der Waals surface area contributed by atoms with Crippen molar-refractivity contribution in [3.63, 3.8) is 0 Å². The Bertz CT molecular complexity index is 819. The lowest BCUT2D eigenvalue weighted by atomic mass is 9.82. The van der Waals surface area contributed by atoms with Crippen LogP contribution in [0.2, 0.25) is 0 Å². The van der Waals surface area contributed by atoms with E-state index in [9.17, 15) is 0 Å². The molecular weight excluding hydrogens is 324 g/mol. The maximum absolute atomic E-state index is 4.90. The van der Waals surface area contributed by atoms with Crippen LogP contribution in [0.1, 0.15) is 41.3 Å². The first-order valence-corrected chi connectivity index (χ1v) is 8.25. The number of benzene rings is 2. The first kappa shape index (κ1) is 13.1. The quantitative estimate of drug-likeness (QED) is 0.655. The van der Waals surface area contributed by atoms with Gasteiger partial charge in [-0.2, -0.15) is 0 Å². The predicted octanol–water partition coefficient (Wildman–Crippen LogP) is 5.10. The number of nitrogens with zero attached hydrogens (tertiary/aromatic N) is 1. The third kappa shape index (κ3) is 2.20. The Morgan fingerprint density at radius 2 is 2.10 bits per heavy atom. The van der Waals surface area contributed by atoms with Gasteiger partial charge in [0.2, 0.25) is 0 Å². The number of fused-ring (bicyclic) bond motifs is 2. The van der Waals surface area contributed by atoms with Crippen LogP contribution >= 0.6 is 15.9 Å². The molecule has 4 rings (SSSR count). The van der Waals surface area contributed by atoms with Gasteiger partial charge in [0.25, 0.3) is 0 Å². The molecule has 0 spiro atoms. The highest BCUT2D eigenvalue weighted by molar-refractivity contribution is 9.10. The third-order valence-corrected chi connectivity index (χ3v) is 4.92. The number of halogens is 1. The molecular formula is C18H17BrN2. The van der Waals surface area contributed by atoms with Crippen molar-refractivity contribution >= 4 is 27.0 Å². The molecule has 0 saturated heterocycles. The number of hydrogen-bond acceptors (Lipinski definition) is 1. The molecule has 1 atom stereocenters. The van der Waals surface area contributed by atoms with Crippen LogP contribution in [0.25, 0.3) is 11.0 Å². The summed E-state index contributed by atoms with van der Waals surface area (Å²) >= 11 is 3.57. The molecule has 2 aromatic carbocycles. The van der Waals surface area contributed by atoms with Gasteiger partial charge in [-0.25, -0.2) is 4.98 Å². The largest absolute Gasteiger partial charge is 0.341 e. The molecule has 1 aromatic heterocycles. The topological polar surface area (TPSA) is 28.7 Å². The second-order valence-corrected chi connectivity index (χ2v) is 6.80. The Hall–Kier alpha value is -1.61. The lowest BCUT2D eigenvalue weighted by Gasteiger charge is -2.23. The molecule has 1 unspecified atom stereocenters. The highest BCUT2D eigenvalue weighted by atomic mass is 79.9. The van der Waals surface area contributed by atoms with Crippen molar-refractivity contribution in [1.82, 2.24) is 9.97 Å². The molecule has 0 amide bonds. The average molecular weight is 341 g/mol. The fourth-order valence-corrected chi connectivity index (χ4v) is 4.04. The number of hydrogen-bond donors (Lipinski definition) is 1. The molecule has 0 radical (unpaired) electrons. The molecule has 106 valence electrons. The summed E-state index contributed by atoms with van der Waals surface area (Å²) < 4.78 is 1.10. The zero-order valence-corrected chi connectivity index (χ0v) is 13.6. The van der Waals surface area contributed by atoms with Crippen LogP contribution in [0.15, 0.2) is 40.9 Å². The zero-order chi connectivity index (χ0) is 14.4. The summed E-state index contributed by atoms with van der Waals surface area (Å²) in [5, 5.41) is 0. The van der Waals surface area contributed by atoms with Gasteiger partial charge in [0.15, 0.2) is 0 Å². The molecule has 1 aliphatic carbocycles. The van der Waals surface area contributed by atoms with Crippen LogP contribution in [0.5, 0.6) is 0 Å². The second kappa shape index (κ2) is 4.99. The van der Waals surface area contributed by atoms with E-state index in [-0.39, 0.29) is 0 Å². The number of aryl methyl sites for hydroxylation is 2. The van der Waals surface area contributed by atoms with Gasteiger partial charge >= 0.3 is 0 Å². The standard InChI is InChI=1S/C18H17BrN2/c1-11-9-13(19)10-16-17(11)21-18(20-16)15-8-4-6-12-5-2-3-7-14(12)15/h2-3,5,7,9-10,15H,4,6,8H2,1H3,(H,20,21). The van der Waals surface area contributed by atoms with Gasteiger partial charge < -0.3 is 4.98 Å². The van der Waals surface area contributed by atoms with Crippen LogP contribution in [-0.4, -0.2) is 9.97 Å². The highest BCUT2D eigenvalue weighted by Crippen LogP contribution is 2.36. The summed E-state index contributed by atoms with van der Waals surface area (Å²) in [6, 6.07) is 13.0. The Morgan fingerprint density at radius 3 is 3.00 bits per heavy atom. The van der Waals surface area contributed by atoms with Crippen molar-refractivity contribution in [2.24, 2.45) is 0 Å². The van der Waals surface area contributed by atoms with Crippen LogP contribution in [0.3, 0.4) is 0 Å². The van der Waals surface area contributed by atoms with Crippen molar-refractivity contribution in [2.75, 3.05) is 0 Å². The summed E-state index contributed by atoms with van der Waals surface area (Å²) in [4.78, 5) is 8.45. The van der Waals surface area contributed by atoms with Gasteiger partial charge in [-0.05, 0) is 55.0 Å². The van der Waals surface area contributed by atoms with Crippen molar-refractivity contribution in [3.8, 4) is 0 Å². The molecule has 3 aromatic rings. The van der Waals surface area contributed by atoms with Gasteiger partial charge in [0.05, 0.1) is 11.0 Å². The first-order chi connectivity index (χ1) is 10.2. The number of aromatic nitrogens is 2. The first-order valence-electron chi connectivity index (χ1n) is 7.46. The van der Waals surface area contributed by atoms with Crippen LogP contribution in [0.4, 0.5) is 0 Å². The van der Waals surface area contributed by atoms with E-state index in [2.05, 4.69) is 64.2 Å². The fraction of sp³-hybridized carbons (Fsp3) is 0.278. The number of rotatable bonds is 1. The molecule has 1 N–H and O–H groups in total. The van der Waals surface area contributed by atoms with Gasteiger partial charge in [0.1, 0.15) is 5.82 Å². The van der Waals surface area contributed by atoms with E-state index < -0.39 is 0 Å². The van der Waals surface area contributed by atoms with E-state index in [4.69, 9.17) is 4.98 Å². The van der Waals surface area contributed by atoms with Gasteiger partial charge in [-0.15, -0.1) is 0 Å². The number of aromatic amines is 1. The number of imidazole rings is 1. The van der Waals surface area contributed by atoms with Crippen molar-refractivity contribution < 1.29 is 0 Å². The molecule has 1 aliphatic rings. The maximum atomic E-state index is 4.90. The predicted molar refractivity (Wildman–Crippen MR) is 89.8 cm³/mol. The van der Waals surface area contributed by atoms with Crippen molar-refractivity contribution in [2.45, 2.75) is 32.1 Å². The minimum absolute atomic E-state index is 0.403. The Balaban J connectivity index is 1.86. The summed E-state index contributed by atoms with van der Waals surface area (Å²) in [6.07, 6.45) is 3.61. The number of H-pyrrole nitrogens is 1. The lowest BCUT2D eigenvalue weighted by Crippen LogP contribution is -2.12. The molecule has 0 saturated carbocycles. The van der Waals surface area contributed by atoms with Gasteiger partial charge in [-0.3, -0.25) is 0 Å². The summed E-state index contributed by atoms with van der Waals surface area (Å²) in [7, 11) is 0. The average Bonchev–Trinajstić information content (AvgIpc) is 2.90. The van der Waals surface area contributed by atoms with Crippen LogP contribution in [-0.2, 0) is 6.42 Å². The molecule has 0 fully saturated rings. The van der Waals surface area contributed by atoms with E-state index in [0.717, 1.165) is 21.3 Å².